The largest absolute Gasteiger partial charge is 0.132 e. The van der Waals surface area contributed by atoms with E-state index in [4.69, 9.17) is 0 Å². The minimum absolute atomic E-state index is 0.559. The molecule has 93 valence electrons. The molecule has 0 bridgehead atoms. The molecule has 0 unspecified atom stereocenters. The third-order valence-corrected chi connectivity index (χ3v) is 6.42. The smallest absolute Gasteiger partial charge is 0.0844 e. The van der Waals surface area contributed by atoms with E-state index in [1.165, 1.54) is 10.4 Å². The van der Waals surface area contributed by atoms with Gasteiger partial charge in [-0.05, 0) is 12.0 Å². The second kappa shape index (κ2) is 5.85. The third kappa shape index (κ3) is 2.77. The highest BCUT2D eigenvalue weighted by molar-refractivity contribution is 6.87. The van der Waals surface area contributed by atoms with E-state index in [1.807, 2.05) is 0 Å². The van der Waals surface area contributed by atoms with Gasteiger partial charge in [-0.1, -0.05) is 95.3 Å². The Morgan fingerprint density at radius 1 is 0.684 bits per heavy atom. The molecule has 0 amide bonds. The molecule has 0 aliphatic heterocycles. The zero-order chi connectivity index (χ0) is 12.9. The summed E-state index contributed by atoms with van der Waals surface area (Å²) in [7, 11) is -0.774. The maximum atomic E-state index is 2.38. The van der Waals surface area contributed by atoms with Crippen LogP contribution in [0.15, 0.2) is 85.0 Å². The van der Waals surface area contributed by atoms with Gasteiger partial charge in [0.1, 0.15) is 8.80 Å². The van der Waals surface area contributed by atoms with Gasteiger partial charge in [0.2, 0.25) is 0 Å². The first-order valence-corrected chi connectivity index (χ1v) is 8.34. The van der Waals surface area contributed by atoms with Crippen molar-refractivity contribution in [2.45, 2.75) is 12.0 Å². The van der Waals surface area contributed by atoms with E-state index >= 15 is 0 Å². The van der Waals surface area contributed by atoms with Gasteiger partial charge in [0.25, 0.3) is 0 Å². The minimum atomic E-state index is -0.774. The van der Waals surface area contributed by atoms with Crippen molar-refractivity contribution >= 4 is 19.2 Å². The molecule has 0 saturated carbocycles. The van der Waals surface area contributed by atoms with Crippen LogP contribution in [0, 0.1) is 0 Å². The molecular formula is C18H17Si. The molecule has 0 nitrogen and oxygen atoms in total. The molecule has 0 fully saturated rings. The number of benzene rings is 2. The van der Waals surface area contributed by atoms with Crippen molar-refractivity contribution < 1.29 is 0 Å². The number of allylic oxidation sites excluding steroid dienone is 4. The van der Waals surface area contributed by atoms with Gasteiger partial charge in [0.15, 0.2) is 0 Å². The van der Waals surface area contributed by atoms with Crippen molar-refractivity contribution in [3.8, 4) is 0 Å². The molecule has 1 heteroatoms. The summed E-state index contributed by atoms with van der Waals surface area (Å²) >= 11 is 0. The van der Waals surface area contributed by atoms with Crippen molar-refractivity contribution in [2.24, 2.45) is 0 Å². The second-order valence-electron chi connectivity index (χ2n) is 4.76. The van der Waals surface area contributed by atoms with Gasteiger partial charge in [-0.3, -0.25) is 0 Å². The molecule has 1 aliphatic carbocycles. The fourth-order valence-electron chi connectivity index (χ4n) is 2.57. The summed E-state index contributed by atoms with van der Waals surface area (Å²) in [4.78, 5) is 0. The molecular weight excluding hydrogens is 244 g/mol. The van der Waals surface area contributed by atoms with Crippen LogP contribution in [0.3, 0.4) is 0 Å². The molecule has 0 N–H and O–H groups in total. The summed E-state index contributed by atoms with van der Waals surface area (Å²) in [6.07, 6.45) is 10.4. The van der Waals surface area contributed by atoms with E-state index in [2.05, 4.69) is 85.0 Å². The molecule has 2 aromatic rings. The molecule has 1 radical (unpaired) electrons. The molecule has 0 saturated heterocycles. The van der Waals surface area contributed by atoms with Gasteiger partial charge in [-0.2, -0.15) is 0 Å². The van der Waals surface area contributed by atoms with Crippen LogP contribution in [0.25, 0.3) is 0 Å². The van der Waals surface area contributed by atoms with E-state index in [0.717, 1.165) is 6.42 Å². The van der Waals surface area contributed by atoms with Crippen LogP contribution in [-0.2, 0) is 0 Å². The normalized spacial score (nSPS) is 15.0. The highest BCUT2D eigenvalue weighted by atomic mass is 28.3. The minimum Gasteiger partial charge on any atom is -0.0844 e. The topological polar surface area (TPSA) is 0 Å². The molecule has 2 aromatic carbocycles. The summed E-state index contributed by atoms with van der Waals surface area (Å²) < 4.78 is 0. The summed E-state index contributed by atoms with van der Waals surface area (Å²) in [5.41, 5.74) is 0.559. The monoisotopic (exact) mass is 261 g/mol. The first-order valence-electron chi connectivity index (χ1n) is 6.76. The van der Waals surface area contributed by atoms with Crippen molar-refractivity contribution in [1.82, 2.24) is 0 Å². The zero-order valence-corrected chi connectivity index (χ0v) is 11.9. The van der Waals surface area contributed by atoms with Gasteiger partial charge < -0.3 is 0 Å². The van der Waals surface area contributed by atoms with E-state index in [9.17, 15) is 0 Å². The molecule has 19 heavy (non-hydrogen) atoms. The van der Waals surface area contributed by atoms with Gasteiger partial charge in [0.05, 0.1) is 0 Å². The van der Waals surface area contributed by atoms with Gasteiger partial charge in [-0.15, -0.1) is 0 Å². The SMILES string of the molecule is C1=CC([Si](c2ccccc2)c2ccccc2)C=CC1. The van der Waals surface area contributed by atoms with Crippen molar-refractivity contribution in [3.05, 3.63) is 85.0 Å². The third-order valence-electron chi connectivity index (χ3n) is 3.46. The van der Waals surface area contributed by atoms with E-state index in [1.54, 1.807) is 0 Å². The Balaban J connectivity index is 2.03. The van der Waals surface area contributed by atoms with Crippen molar-refractivity contribution in [3.63, 3.8) is 0 Å². The number of hydrogen-bond donors (Lipinski definition) is 0. The molecule has 0 atom stereocenters. The Labute approximate surface area is 116 Å². The van der Waals surface area contributed by atoms with Crippen LogP contribution in [0.2, 0.25) is 5.54 Å². The maximum Gasteiger partial charge on any atom is 0.132 e. The fraction of sp³-hybridized carbons (Fsp3) is 0.111. The fourth-order valence-corrected chi connectivity index (χ4v) is 5.44. The van der Waals surface area contributed by atoms with E-state index in [-0.39, 0.29) is 0 Å². The lowest BCUT2D eigenvalue weighted by Crippen LogP contribution is -2.45. The molecule has 3 rings (SSSR count). The maximum absolute atomic E-state index is 2.38. The number of rotatable bonds is 3. The Morgan fingerprint density at radius 3 is 1.63 bits per heavy atom. The van der Waals surface area contributed by atoms with Gasteiger partial charge in [-0.25, -0.2) is 0 Å². The van der Waals surface area contributed by atoms with Gasteiger partial charge in [0, 0.05) is 0 Å². The lowest BCUT2D eigenvalue weighted by Gasteiger charge is -2.23. The van der Waals surface area contributed by atoms with Crippen molar-refractivity contribution in [2.75, 3.05) is 0 Å². The summed E-state index contributed by atoms with van der Waals surface area (Å²) in [5.74, 6) is 0. The standard InChI is InChI=1S/C18H17Si/c1-4-10-16(11-5-1)19(17-12-6-2-7-13-17)18-14-8-3-9-15-18/h1-2,4-15,18H,3H2. The molecule has 1 aliphatic rings. The average molecular weight is 261 g/mol. The molecule has 0 heterocycles. The van der Waals surface area contributed by atoms with Crippen LogP contribution in [0.1, 0.15) is 6.42 Å². The Morgan fingerprint density at radius 2 is 1.16 bits per heavy atom. The van der Waals surface area contributed by atoms with E-state index < -0.39 is 8.80 Å². The average Bonchev–Trinajstić information content (AvgIpc) is 2.51. The number of hydrogen-bond acceptors (Lipinski definition) is 0. The highest BCUT2D eigenvalue weighted by Gasteiger charge is 2.24. The van der Waals surface area contributed by atoms with Gasteiger partial charge >= 0.3 is 0 Å². The Bertz CT molecular complexity index is 518. The second-order valence-corrected chi connectivity index (χ2v) is 7.41. The Kier molecular flexibility index (Phi) is 3.75. The van der Waals surface area contributed by atoms with Crippen molar-refractivity contribution in [1.29, 1.82) is 0 Å². The molecule has 0 spiro atoms. The molecule has 0 aromatic heterocycles. The van der Waals surface area contributed by atoms with Crippen LogP contribution in [0.4, 0.5) is 0 Å². The van der Waals surface area contributed by atoms with Crippen LogP contribution < -0.4 is 10.4 Å². The lowest BCUT2D eigenvalue weighted by molar-refractivity contribution is 1.21. The van der Waals surface area contributed by atoms with Crippen LogP contribution >= 0.6 is 0 Å². The lowest BCUT2D eigenvalue weighted by atomic mass is 10.2. The summed E-state index contributed by atoms with van der Waals surface area (Å²) in [5, 5.41) is 2.97. The first kappa shape index (κ1) is 12.2. The Hall–Kier alpha value is -1.86. The van der Waals surface area contributed by atoms with Crippen LogP contribution in [0.5, 0.6) is 0 Å². The predicted molar refractivity (Wildman–Crippen MR) is 84.6 cm³/mol. The quantitative estimate of drug-likeness (QED) is 0.588. The van der Waals surface area contributed by atoms with E-state index in [0.29, 0.717) is 5.54 Å². The zero-order valence-electron chi connectivity index (χ0n) is 10.9. The highest BCUT2D eigenvalue weighted by Crippen LogP contribution is 2.19. The summed E-state index contributed by atoms with van der Waals surface area (Å²) in [6, 6.07) is 21.9. The first-order chi connectivity index (χ1) is 9.45. The summed E-state index contributed by atoms with van der Waals surface area (Å²) in [6.45, 7) is 0. The van der Waals surface area contributed by atoms with Crippen LogP contribution in [-0.4, -0.2) is 8.80 Å². The predicted octanol–water partition coefficient (Wildman–Crippen LogP) is 3.18.